The maximum absolute atomic E-state index is 14.2. The van der Waals surface area contributed by atoms with Gasteiger partial charge in [0.15, 0.2) is 0 Å². The van der Waals surface area contributed by atoms with Crippen molar-refractivity contribution in [3.63, 3.8) is 0 Å². The Labute approximate surface area is 161 Å². The molecule has 0 bridgehead atoms. The number of amides is 2. The van der Waals surface area contributed by atoms with Crippen molar-refractivity contribution in [1.29, 1.82) is 0 Å². The van der Waals surface area contributed by atoms with Gasteiger partial charge in [-0.3, -0.25) is 9.59 Å². The van der Waals surface area contributed by atoms with Gasteiger partial charge in [-0.15, -0.1) is 0 Å². The number of hydrogen-bond acceptors (Lipinski definition) is 2. The van der Waals surface area contributed by atoms with Crippen LogP contribution < -0.4 is 10.6 Å². The highest BCUT2D eigenvalue weighted by molar-refractivity contribution is 5.98. The van der Waals surface area contributed by atoms with Crippen LogP contribution in [0.4, 0.5) is 4.39 Å². The number of halogens is 1. The Morgan fingerprint density at radius 1 is 1.00 bits per heavy atom. The first-order valence-corrected chi connectivity index (χ1v) is 9.55. The number of piperazine rings is 1. The average Bonchev–Trinajstić information content (AvgIpc) is 3.30. The van der Waals surface area contributed by atoms with Gasteiger partial charge in [0.05, 0.1) is 0 Å². The predicted octanol–water partition coefficient (Wildman–Crippen LogP) is 2.56. The molecule has 2 aromatic carbocycles. The molecule has 0 spiro atoms. The topological polar surface area (TPSA) is 74.0 Å². The van der Waals surface area contributed by atoms with Crippen LogP contribution in [0.25, 0.3) is 10.9 Å². The molecule has 2 aliphatic rings. The minimum atomic E-state index is -0.709. The molecule has 2 amide bonds. The van der Waals surface area contributed by atoms with E-state index in [9.17, 15) is 14.0 Å². The van der Waals surface area contributed by atoms with E-state index in [4.69, 9.17) is 0 Å². The van der Waals surface area contributed by atoms with Crippen LogP contribution in [0.2, 0.25) is 0 Å². The zero-order valence-electron chi connectivity index (χ0n) is 15.2. The summed E-state index contributed by atoms with van der Waals surface area (Å²) >= 11 is 0. The quantitative estimate of drug-likeness (QED) is 0.656. The van der Waals surface area contributed by atoms with Crippen LogP contribution in [-0.4, -0.2) is 28.9 Å². The zero-order valence-corrected chi connectivity index (χ0v) is 15.2. The summed E-state index contributed by atoms with van der Waals surface area (Å²) in [6.45, 7) is 0. The number of benzene rings is 2. The molecule has 1 aromatic heterocycles. The molecule has 3 atom stereocenters. The highest BCUT2D eigenvalue weighted by atomic mass is 19.1. The van der Waals surface area contributed by atoms with E-state index >= 15 is 0 Å². The summed E-state index contributed by atoms with van der Waals surface area (Å²) in [5, 5.41) is 6.25. The van der Waals surface area contributed by atoms with Crippen molar-refractivity contribution in [1.82, 2.24) is 15.6 Å². The smallest absolute Gasteiger partial charge is 0.243 e. The fourth-order valence-electron chi connectivity index (χ4n) is 4.60. The number of carbonyl (C=O) groups is 2. The normalized spacial score (nSPS) is 24.1. The lowest BCUT2D eigenvalue weighted by Crippen LogP contribution is -2.63. The van der Waals surface area contributed by atoms with Gasteiger partial charge in [0.25, 0.3) is 0 Å². The van der Waals surface area contributed by atoms with Crippen LogP contribution in [0.1, 0.15) is 29.0 Å². The number of aryl methyl sites for hydroxylation is 1. The van der Waals surface area contributed by atoms with Crippen molar-refractivity contribution in [3.05, 3.63) is 71.2 Å². The first-order chi connectivity index (χ1) is 13.6. The Hall–Kier alpha value is -3.15. The lowest BCUT2D eigenvalue weighted by atomic mass is 9.90. The van der Waals surface area contributed by atoms with Gasteiger partial charge in [-0.2, -0.15) is 0 Å². The van der Waals surface area contributed by atoms with Crippen molar-refractivity contribution in [2.75, 3.05) is 0 Å². The van der Waals surface area contributed by atoms with Crippen LogP contribution in [0.3, 0.4) is 0 Å². The van der Waals surface area contributed by atoms with Crippen LogP contribution in [0.15, 0.2) is 48.7 Å². The van der Waals surface area contributed by atoms with Gasteiger partial charge in [0, 0.05) is 29.4 Å². The minimum absolute atomic E-state index is 0.00775. The van der Waals surface area contributed by atoms with Gasteiger partial charge in [0.1, 0.15) is 17.9 Å². The van der Waals surface area contributed by atoms with Gasteiger partial charge in [-0.05, 0) is 41.7 Å². The maximum atomic E-state index is 14.2. The minimum Gasteiger partial charge on any atom is -0.361 e. The van der Waals surface area contributed by atoms with Crippen LogP contribution in [0, 0.1) is 5.82 Å². The van der Waals surface area contributed by atoms with E-state index < -0.39 is 12.1 Å². The molecule has 1 aliphatic heterocycles. The summed E-state index contributed by atoms with van der Waals surface area (Å²) < 4.78 is 14.2. The first-order valence-electron chi connectivity index (χ1n) is 9.55. The van der Waals surface area contributed by atoms with Crippen molar-refractivity contribution in [2.45, 2.75) is 37.3 Å². The van der Waals surface area contributed by atoms with Crippen LogP contribution in [0.5, 0.6) is 0 Å². The number of H-pyrrole nitrogens is 1. The number of fused-ring (bicyclic) bond motifs is 2. The Bertz CT molecular complexity index is 1090. The third-order valence-corrected chi connectivity index (χ3v) is 5.96. The standard InChI is InChI=1S/C22H20FN3O2/c23-16-6-3-7-17-19(16)13(11-24-17)10-18-21(27)26-20(22(28)25-18)15-9-8-12-4-1-2-5-14(12)15/h1-7,11,15,18,20,24H,8-10H2,(H,25,28)(H,26,27). The number of aromatic nitrogens is 1. The molecule has 3 aromatic rings. The van der Waals surface area contributed by atoms with Gasteiger partial charge >= 0.3 is 0 Å². The third-order valence-electron chi connectivity index (χ3n) is 5.96. The van der Waals surface area contributed by atoms with E-state index in [1.54, 1.807) is 18.3 Å². The second-order valence-corrected chi connectivity index (χ2v) is 7.57. The molecule has 1 fully saturated rings. The summed E-state index contributed by atoms with van der Waals surface area (Å²) in [4.78, 5) is 28.6. The fourth-order valence-corrected chi connectivity index (χ4v) is 4.60. The molecule has 2 heterocycles. The molecular weight excluding hydrogens is 357 g/mol. The van der Waals surface area contributed by atoms with E-state index in [0.717, 1.165) is 18.4 Å². The van der Waals surface area contributed by atoms with Crippen LogP contribution >= 0.6 is 0 Å². The second-order valence-electron chi connectivity index (χ2n) is 7.57. The number of nitrogens with one attached hydrogen (secondary N) is 3. The third kappa shape index (κ3) is 2.68. The van der Waals surface area contributed by atoms with E-state index in [1.807, 2.05) is 18.2 Å². The van der Waals surface area contributed by atoms with Crippen molar-refractivity contribution >= 4 is 22.7 Å². The number of carbonyl (C=O) groups excluding carboxylic acids is 2. The Kier molecular flexibility index (Phi) is 3.93. The highest BCUT2D eigenvalue weighted by Gasteiger charge is 2.41. The maximum Gasteiger partial charge on any atom is 0.243 e. The Morgan fingerprint density at radius 3 is 2.75 bits per heavy atom. The molecule has 28 heavy (non-hydrogen) atoms. The highest BCUT2D eigenvalue weighted by Crippen LogP contribution is 2.36. The number of hydrogen-bond donors (Lipinski definition) is 3. The molecule has 1 saturated heterocycles. The molecular formula is C22H20FN3O2. The first kappa shape index (κ1) is 17.0. The SMILES string of the molecule is O=C1NC(C2CCc3ccccc32)C(=O)NC1Cc1c[nH]c2cccc(F)c12. The summed E-state index contributed by atoms with van der Waals surface area (Å²) in [7, 11) is 0. The largest absolute Gasteiger partial charge is 0.361 e. The van der Waals surface area contributed by atoms with Gasteiger partial charge in [-0.1, -0.05) is 30.3 Å². The van der Waals surface area contributed by atoms with E-state index in [2.05, 4.69) is 21.7 Å². The molecule has 3 N–H and O–H groups in total. The lowest BCUT2D eigenvalue weighted by Gasteiger charge is -2.33. The second kappa shape index (κ2) is 6.48. The lowest BCUT2D eigenvalue weighted by molar-refractivity contribution is -0.137. The molecule has 0 radical (unpaired) electrons. The summed E-state index contributed by atoms with van der Waals surface area (Å²) in [6.07, 6.45) is 3.70. The summed E-state index contributed by atoms with van der Waals surface area (Å²) in [5.41, 5.74) is 3.74. The van der Waals surface area contributed by atoms with Crippen LogP contribution in [-0.2, 0) is 22.4 Å². The van der Waals surface area contributed by atoms with Crippen molar-refractivity contribution < 1.29 is 14.0 Å². The fraction of sp³-hybridized carbons (Fsp3) is 0.273. The molecule has 5 nitrogen and oxygen atoms in total. The summed E-state index contributed by atoms with van der Waals surface area (Å²) in [6, 6.07) is 11.6. The molecule has 3 unspecified atom stereocenters. The Balaban J connectivity index is 1.36. The van der Waals surface area contributed by atoms with Crippen molar-refractivity contribution in [3.8, 4) is 0 Å². The van der Waals surface area contributed by atoms with E-state index in [-0.39, 0.29) is 30.0 Å². The monoisotopic (exact) mass is 377 g/mol. The molecule has 5 rings (SSSR count). The van der Waals surface area contributed by atoms with E-state index in [1.165, 1.54) is 11.6 Å². The number of rotatable bonds is 3. The molecule has 6 heteroatoms. The van der Waals surface area contributed by atoms with Gasteiger partial charge in [0.2, 0.25) is 11.8 Å². The summed E-state index contributed by atoms with van der Waals surface area (Å²) in [5.74, 6) is -0.741. The molecule has 142 valence electrons. The Morgan fingerprint density at radius 2 is 1.86 bits per heavy atom. The number of aromatic amines is 1. The van der Waals surface area contributed by atoms with Crippen molar-refractivity contribution in [2.24, 2.45) is 0 Å². The predicted molar refractivity (Wildman–Crippen MR) is 103 cm³/mol. The average molecular weight is 377 g/mol. The molecule has 1 aliphatic carbocycles. The van der Waals surface area contributed by atoms with E-state index in [0.29, 0.717) is 16.5 Å². The van der Waals surface area contributed by atoms with Gasteiger partial charge in [-0.25, -0.2) is 4.39 Å². The zero-order chi connectivity index (χ0) is 19.3. The van der Waals surface area contributed by atoms with Gasteiger partial charge < -0.3 is 15.6 Å². The molecule has 0 saturated carbocycles.